The molecule has 0 N–H and O–H groups in total. The van der Waals surface area contributed by atoms with Crippen LogP contribution in [0.3, 0.4) is 0 Å². The van der Waals surface area contributed by atoms with Gasteiger partial charge in [-0.3, -0.25) is 9.69 Å². The number of hydrogen-bond donors (Lipinski definition) is 0. The van der Waals surface area contributed by atoms with Gasteiger partial charge in [0.05, 0.1) is 12.8 Å². The number of fused-ring (bicyclic) bond motifs is 1. The number of methoxy groups -OCH3 is 1. The number of likely N-dealkylation sites (N-methyl/N-ethyl adjacent to an activating group) is 2. The molecule has 2 heterocycles. The van der Waals surface area contributed by atoms with Crippen LogP contribution in [0.2, 0.25) is 0 Å². The Bertz CT molecular complexity index is 725. The topological polar surface area (TPSA) is 32.8 Å². The quantitative estimate of drug-likeness (QED) is 0.613. The van der Waals surface area contributed by atoms with Gasteiger partial charge in [0.1, 0.15) is 15.0 Å². The molecule has 3 rings (SSSR count). The average Bonchev–Trinajstić information content (AvgIpc) is 2.80. The van der Waals surface area contributed by atoms with Crippen molar-refractivity contribution in [2.45, 2.75) is 6.92 Å². The van der Waals surface area contributed by atoms with Gasteiger partial charge in [0.2, 0.25) is 0 Å². The number of carbonyl (C=O) groups is 1. The highest BCUT2D eigenvalue weighted by atomic mass is 32.2. The average molecular weight is 332 g/mol. The van der Waals surface area contributed by atoms with E-state index < -0.39 is 0 Å². The van der Waals surface area contributed by atoms with Crippen molar-refractivity contribution in [2.24, 2.45) is 0 Å². The highest BCUT2D eigenvalue weighted by Crippen LogP contribution is 2.39. The lowest BCUT2D eigenvalue weighted by molar-refractivity contribution is -0.121. The van der Waals surface area contributed by atoms with E-state index in [1.54, 1.807) is 14.2 Å². The van der Waals surface area contributed by atoms with Crippen molar-refractivity contribution >= 4 is 46.0 Å². The van der Waals surface area contributed by atoms with Gasteiger partial charge in [-0.05, 0) is 31.2 Å². The van der Waals surface area contributed by atoms with E-state index in [-0.39, 0.29) is 5.91 Å². The van der Waals surface area contributed by atoms with Crippen LogP contribution in [-0.2, 0) is 4.79 Å². The first-order valence-electron chi connectivity index (χ1n) is 6.94. The maximum absolute atomic E-state index is 12.4. The first-order valence-corrected chi connectivity index (χ1v) is 8.17. The van der Waals surface area contributed by atoms with E-state index >= 15 is 0 Å². The summed E-state index contributed by atoms with van der Waals surface area (Å²) in [6.45, 7) is 2.84. The Balaban J connectivity index is 2.10. The smallest absolute Gasteiger partial charge is 0.268 e. The number of thiocarbonyl (C=S) groups is 1. The fraction of sp³-hybridized carbons (Fsp3) is 0.250. The molecule has 2 aliphatic rings. The molecule has 22 heavy (non-hydrogen) atoms. The van der Waals surface area contributed by atoms with E-state index in [0.717, 1.165) is 29.2 Å². The van der Waals surface area contributed by atoms with Crippen molar-refractivity contribution < 1.29 is 9.53 Å². The Morgan fingerprint density at radius 1 is 1.32 bits per heavy atom. The minimum atomic E-state index is -0.0370. The first-order chi connectivity index (χ1) is 10.6. The van der Waals surface area contributed by atoms with Crippen molar-refractivity contribution in [1.82, 2.24) is 4.90 Å². The molecule has 1 saturated heterocycles. The Hall–Kier alpha value is -1.79. The van der Waals surface area contributed by atoms with Crippen LogP contribution in [0.4, 0.5) is 5.69 Å². The summed E-state index contributed by atoms with van der Waals surface area (Å²) in [5.41, 5.74) is 3.06. The number of carbonyl (C=O) groups excluding carboxylic acids is 1. The third-order valence-corrected chi connectivity index (χ3v) is 5.31. The van der Waals surface area contributed by atoms with Crippen molar-refractivity contribution in [2.75, 3.05) is 25.6 Å². The van der Waals surface area contributed by atoms with E-state index in [1.807, 2.05) is 30.4 Å². The molecule has 0 spiro atoms. The summed E-state index contributed by atoms with van der Waals surface area (Å²) in [6.07, 6.45) is 3.99. The maximum atomic E-state index is 12.4. The number of ether oxygens (including phenoxy) is 1. The predicted molar refractivity (Wildman–Crippen MR) is 95.0 cm³/mol. The molecule has 0 aliphatic carbocycles. The number of amides is 1. The van der Waals surface area contributed by atoms with Crippen LogP contribution in [0.15, 0.2) is 34.9 Å². The van der Waals surface area contributed by atoms with Gasteiger partial charge in [-0.25, -0.2) is 0 Å². The summed E-state index contributed by atoms with van der Waals surface area (Å²) in [6, 6.07) is 5.95. The zero-order valence-corrected chi connectivity index (χ0v) is 14.3. The molecule has 1 fully saturated rings. The molecule has 0 bridgehead atoms. The normalized spacial score (nSPS) is 20.7. The Kier molecular flexibility index (Phi) is 3.97. The molecular weight excluding hydrogens is 316 g/mol. The van der Waals surface area contributed by atoms with Crippen molar-refractivity contribution in [3.63, 3.8) is 0 Å². The SMILES string of the molecule is CCN1/C(=C2\SC(=S)N(C)C2=O)C=Cc2cc(OC)ccc21. The molecule has 0 radical (unpaired) electrons. The minimum absolute atomic E-state index is 0.0370. The second kappa shape index (κ2) is 5.78. The van der Waals surface area contributed by atoms with Crippen LogP contribution in [0.1, 0.15) is 12.5 Å². The zero-order chi connectivity index (χ0) is 15.9. The van der Waals surface area contributed by atoms with Crippen molar-refractivity contribution in [1.29, 1.82) is 0 Å². The monoisotopic (exact) mass is 332 g/mol. The van der Waals surface area contributed by atoms with Gasteiger partial charge in [-0.15, -0.1) is 0 Å². The van der Waals surface area contributed by atoms with Gasteiger partial charge in [-0.1, -0.05) is 30.1 Å². The predicted octanol–water partition coefficient (Wildman–Crippen LogP) is 3.25. The molecule has 1 aromatic rings. The number of rotatable bonds is 2. The molecular formula is C16H16N2O2S2. The molecule has 1 aromatic carbocycles. The lowest BCUT2D eigenvalue weighted by Crippen LogP contribution is -2.28. The standard InChI is InChI=1S/C16H16N2O2S2/c1-4-18-12-8-6-11(20-3)9-10(12)5-7-13(18)14-15(19)17(2)16(21)22-14/h5-9H,4H2,1-3H3/b14-13-. The number of hydrogen-bond acceptors (Lipinski definition) is 5. The molecule has 6 heteroatoms. The Morgan fingerprint density at radius 2 is 2.09 bits per heavy atom. The number of nitrogens with zero attached hydrogens (tertiary/aromatic N) is 2. The van der Waals surface area contributed by atoms with Crippen LogP contribution < -0.4 is 9.64 Å². The second-order valence-corrected chi connectivity index (χ2v) is 6.59. The lowest BCUT2D eigenvalue weighted by atomic mass is 10.0. The Labute approximate surface area is 139 Å². The van der Waals surface area contributed by atoms with Gasteiger partial charge in [0, 0.05) is 24.8 Å². The van der Waals surface area contributed by atoms with Gasteiger partial charge < -0.3 is 9.64 Å². The molecule has 114 valence electrons. The highest BCUT2D eigenvalue weighted by Gasteiger charge is 2.33. The maximum Gasteiger partial charge on any atom is 0.268 e. The minimum Gasteiger partial charge on any atom is -0.497 e. The number of benzene rings is 1. The molecule has 0 unspecified atom stereocenters. The molecule has 0 atom stereocenters. The summed E-state index contributed by atoms with van der Waals surface area (Å²) in [4.78, 5) is 16.7. The first kappa shape index (κ1) is 15.1. The highest BCUT2D eigenvalue weighted by molar-refractivity contribution is 8.26. The van der Waals surface area contributed by atoms with Gasteiger partial charge in [0.25, 0.3) is 5.91 Å². The van der Waals surface area contributed by atoms with Gasteiger partial charge in [-0.2, -0.15) is 0 Å². The van der Waals surface area contributed by atoms with E-state index in [4.69, 9.17) is 17.0 Å². The summed E-state index contributed by atoms with van der Waals surface area (Å²) in [5.74, 6) is 0.785. The van der Waals surface area contributed by atoms with Crippen LogP contribution in [0, 0.1) is 0 Å². The van der Waals surface area contributed by atoms with Crippen LogP contribution in [-0.4, -0.2) is 35.8 Å². The van der Waals surface area contributed by atoms with Crippen molar-refractivity contribution in [3.05, 3.63) is 40.4 Å². The summed E-state index contributed by atoms with van der Waals surface area (Å²) < 4.78 is 5.87. The van der Waals surface area contributed by atoms with Gasteiger partial charge in [0.15, 0.2) is 0 Å². The summed E-state index contributed by atoms with van der Waals surface area (Å²) >= 11 is 6.59. The van der Waals surface area contributed by atoms with E-state index in [1.165, 1.54) is 16.7 Å². The third kappa shape index (κ3) is 2.32. The van der Waals surface area contributed by atoms with E-state index in [0.29, 0.717) is 9.23 Å². The van der Waals surface area contributed by atoms with Crippen molar-refractivity contribution in [3.8, 4) is 5.75 Å². The summed E-state index contributed by atoms with van der Waals surface area (Å²) in [7, 11) is 3.37. The second-order valence-electron chi connectivity index (χ2n) is 4.95. The summed E-state index contributed by atoms with van der Waals surface area (Å²) in [5, 5.41) is 0. The molecule has 2 aliphatic heterocycles. The van der Waals surface area contributed by atoms with Gasteiger partial charge >= 0.3 is 0 Å². The zero-order valence-electron chi connectivity index (χ0n) is 12.6. The lowest BCUT2D eigenvalue weighted by Gasteiger charge is -2.30. The van der Waals surface area contributed by atoms with Crippen LogP contribution >= 0.6 is 24.0 Å². The number of thioether (sulfide) groups is 1. The van der Waals surface area contributed by atoms with Crippen LogP contribution in [0.25, 0.3) is 6.08 Å². The fourth-order valence-electron chi connectivity index (χ4n) is 2.56. The molecule has 4 nitrogen and oxygen atoms in total. The molecule has 0 saturated carbocycles. The Morgan fingerprint density at radius 3 is 2.68 bits per heavy atom. The largest absolute Gasteiger partial charge is 0.497 e. The van der Waals surface area contributed by atoms with E-state index in [9.17, 15) is 4.79 Å². The number of anilines is 1. The van der Waals surface area contributed by atoms with Crippen LogP contribution in [0.5, 0.6) is 5.75 Å². The third-order valence-electron chi connectivity index (χ3n) is 3.75. The molecule has 1 amide bonds. The van der Waals surface area contributed by atoms with E-state index in [2.05, 4.69) is 11.8 Å². The number of allylic oxidation sites excluding steroid dienone is 1. The fourth-order valence-corrected chi connectivity index (χ4v) is 3.80. The molecule has 0 aromatic heterocycles.